The lowest BCUT2D eigenvalue weighted by atomic mass is 9.96. The molecule has 5 heteroatoms. The number of nitrogens with zero attached hydrogens (tertiary/aromatic N) is 2. The van der Waals surface area contributed by atoms with Crippen molar-refractivity contribution in [2.75, 3.05) is 19.6 Å². The summed E-state index contributed by atoms with van der Waals surface area (Å²) in [6.45, 7) is 5.80. The molecular formula is C25H28N4O. The summed E-state index contributed by atoms with van der Waals surface area (Å²) in [5.74, 6) is 0.637. The molecule has 0 unspecified atom stereocenters. The van der Waals surface area contributed by atoms with Crippen LogP contribution in [0, 0.1) is 24.2 Å². The highest BCUT2D eigenvalue weighted by Gasteiger charge is 2.20. The largest absolute Gasteiger partial charge is 0.358 e. The minimum atomic E-state index is 0.0999. The van der Waals surface area contributed by atoms with Crippen LogP contribution in [0.5, 0.6) is 0 Å². The lowest BCUT2D eigenvalue weighted by Gasteiger charge is -2.32. The highest BCUT2D eigenvalue weighted by Crippen LogP contribution is 2.23. The second-order valence-electron chi connectivity index (χ2n) is 8.28. The Bertz CT molecular complexity index is 1050. The van der Waals surface area contributed by atoms with Crippen molar-refractivity contribution < 1.29 is 4.79 Å². The number of hydrogen-bond acceptors (Lipinski definition) is 3. The van der Waals surface area contributed by atoms with Gasteiger partial charge >= 0.3 is 0 Å². The first-order valence-corrected chi connectivity index (χ1v) is 10.7. The number of aromatic nitrogens is 1. The standard InChI is InChI=1S/C25H28N4O/c1-18-23(22-4-2-3-5-24(22)28-18)14-25(30)27-16-20-10-12-29(13-11-20)17-21-8-6-19(15-26)7-9-21/h2-9,20,28H,10-14,16-17H2,1H3,(H,27,30). The second kappa shape index (κ2) is 9.15. The summed E-state index contributed by atoms with van der Waals surface area (Å²) in [6.07, 6.45) is 2.62. The zero-order valence-corrected chi connectivity index (χ0v) is 17.4. The molecule has 3 aromatic rings. The first-order valence-electron chi connectivity index (χ1n) is 10.7. The van der Waals surface area contributed by atoms with E-state index in [9.17, 15) is 4.79 Å². The lowest BCUT2D eigenvalue weighted by Crippen LogP contribution is -2.38. The van der Waals surface area contributed by atoms with Crippen molar-refractivity contribution in [3.05, 3.63) is 70.9 Å². The number of nitriles is 1. The number of carbonyl (C=O) groups is 1. The fraction of sp³-hybridized carbons (Fsp3) is 0.360. The number of aromatic amines is 1. The maximum Gasteiger partial charge on any atom is 0.224 e. The molecule has 154 valence electrons. The zero-order chi connectivity index (χ0) is 20.9. The second-order valence-corrected chi connectivity index (χ2v) is 8.28. The van der Waals surface area contributed by atoms with Crippen molar-refractivity contribution in [1.82, 2.24) is 15.2 Å². The molecule has 1 aromatic heterocycles. The minimum absolute atomic E-state index is 0.0999. The van der Waals surface area contributed by atoms with Crippen molar-refractivity contribution >= 4 is 16.8 Å². The van der Waals surface area contributed by atoms with Crippen LogP contribution in [0.4, 0.5) is 0 Å². The van der Waals surface area contributed by atoms with Crippen LogP contribution >= 0.6 is 0 Å². The Kier molecular flexibility index (Phi) is 6.15. The number of rotatable bonds is 6. The summed E-state index contributed by atoms with van der Waals surface area (Å²) in [6, 6.07) is 18.2. The van der Waals surface area contributed by atoms with Gasteiger partial charge in [-0.15, -0.1) is 0 Å². The number of carbonyl (C=O) groups excluding carboxylic acids is 1. The zero-order valence-electron chi connectivity index (χ0n) is 17.4. The minimum Gasteiger partial charge on any atom is -0.358 e. The van der Waals surface area contributed by atoms with Crippen molar-refractivity contribution in [3.63, 3.8) is 0 Å². The van der Waals surface area contributed by atoms with Crippen LogP contribution in [0.2, 0.25) is 0 Å². The van der Waals surface area contributed by atoms with Crippen LogP contribution in [-0.2, 0) is 17.8 Å². The smallest absolute Gasteiger partial charge is 0.224 e. The molecule has 0 spiro atoms. The molecule has 1 saturated heterocycles. The molecule has 30 heavy (non-hydrogen) atoms. The lowest BCUT2D eigenvalue weighted by molar-refractivity contribution is -0.120. The van der Waals surface area contributed by atoms with Crippen LogP contribution in [0.15, 0.2) is 48.5 Å². The number of benzene rings is 2. The number of H-pyrrole nitrogens is 1. The number of nitrogens with one attached hydrogen (secondary N) is 2. The van der Waals surface area contributed by atoms with Crippen LogP contribution < -0.4 is 5.32 Å². The van der Waals surface area contributed by atoms with Gasteiger partial charge in [-0.3, -0.25) is 9.69 Å². The summed E-state index contributed by atoms with van der Waals surface area (Å²) in [5, 5.41) is 13.2. The third-order valence-electron chi connectivity index (χ3n) is 6.15. The van der Waals surface area contributed by atoms with Gasteiger partial charge in [-0.1, -0.05) is 30.3 Å². The molecule has 0 radical (unpaired) electrons. The molecular weight excluding hydrogens is 372 g/mol. The number of para-hydroxylation sites is 1. The van der Waals surface area contributed by atoms with Gasteiger partial charge in [0.05, 0.1) is 18.1 Å². The summed E-state index contributed by atoms with van der Waals surface area (Å²) < 4.78 is 0. The van der Waals surface area contributed by atoms with E-state index in [1.54, 1.807) is 0 Å². The fourth-order valence-corrected chi connectivity index (χ4v) is 4.34. The summed E-state index contributed by atoms with van der Waals surface area (Å²) in [7, 11) is 0. The molecule has 2 N–H and O–H groups in total. The van der Waals surface area contributed by atoms with E-state index in [1.165, 1.54) is 5.56 Å². The van der Waals surface area contributed by atoms with Crippen molar-refractivity contribution in [2.24, 2.45) is 5.92 Å². The van der Waals surface area contributed by atoms with Crippen LogP contribution in [0.1, 0.15) is 35.2 Å². The highest BCUT2D eigenvalue weighted by atomic mass is 16.1. The molecule has 0 saturated carbocycles. The Balaban J connectivity index is 1.23. The molecule has 0 bridgehead atoms. The van der Waals surface area contributed by atoms with Gasteiger partial charge in [0.1, 0.15) is 0 Å². The quantitative estimate of drug-likeness (QED) is 0.659. The van der Waals surface area contributed by atoms with E-state index in [0.717, 1.165) is 61.2 Å². The van der Waals surface area contributed by atoms with Crippen molar-refractivity contribution in [3.8, 4) is 6.07 Å². The van der Waals surface area contributed by atoms with Gasteiger partial charge in [0.2, 0.25) is 5.91 Å². The van der Waals surface area contributed by atoms with Crippen LogP contribution in [0.25, 0.3) is 10.9 Å². The molecule has 2 aromatic carbocycles. The first kappa shape index (κ1) is 20.2. The Morgan fingerprint density at radius 1 is 1.17 bits per heavy atom. The Hall–Kier alpha value is -3.10. The van der Waals surface area contributed by atoms with E-state index >= 15 is 0 Å². The van der Waals surface area contributed by atoms with E-state index in [-0.39, 0.29) is 5.91 Å². The SMILES string of the molecule is Cc1[nH]c2ccccc2c1CC(=O)NCC1CCN(Cc2ccc(C#N)cc2)CC1. The average Bonchev–Trinajstić information content (AvgIpc) is 3.09. The van der Waals surface area contributed by atoms with Crippen molar-refractivity contribution in [2.45, 2.75) is 32.7 Å². The summed E-state index contributed by atoms with van der Waals surface area (Å²) >= 11 is 0. The Morgan fingerprint density at radius 2 is 1.90 bits per heavy atom. The van der Waals surface area contributed by atoms with E-state index in [4.69, 9.17) is 5.26 Å². The monoisotopic (exact) mass is 400 g/mol. The Labute approximate surface area is 177 Å². The predicted molar refractivity (Wildman–Crippen MR) is 119 cm³/mol. The number of aryl methyl sites for hydroxylation is 1. The van der Waals surface area contributed by atoms with Gasteiger partial charge in [-0.05, 0) is 68.1 Å². The molecule has 4 rings (SSSR count). The number of likely N-dealkylation sites (tertiary alicyclic amines) is 1. The van der Waals surface area contributed by atoms with Gasteiger partial charge in [0.25, 0.3) is 0 Å². The van der Waals surface area contributed by atoms with Crippen molar-refractivity contribution in [1.29, 1.82) is 5.26 Å². The molecule has 0 aliphatic carbocycles. The number of hydrogen-bond donors (Lipinski definition) is 2. The normalized spacial score (nSPS) is 15.2. The molecule has 5 nitrogen and oxygen atoms in total. The third-order valence-corrected chi connectivity index (χ3v) is 6.15. The van der Waals surface area contributed by atoms with Gasteiger partial charge in [0.15, 0.2) is 0 Å². The summed E-state index contributed by atoms with van der Waals surface area (Å²) in [4.78, 5) is 18.4. The van der Waals surface area contributed by atoms with E-state index in [2.05, 4.69) is 33.4 Å². The van der Waals surface area contributed by atoms with Gasteiger partial charge in [-0.25, -0.2) is 0 Å². The first-order chi connectivity index (χ1) is 14.6. The molecule has 1 aliphatic rings. The Morgan fingerprint density at radius 3 is 2.63 bits per heavy atom. The van der Waals surface area contributed by atoms with Gasteiger partial charge in [-0.2, -0.15) is 5.26 Å². The van der Waals surface area contributed by atoms with Crippen LogP contribution in [0.3, 0.4) is 0 Å². The third kappa shape index (κ3) is 4.72. The van der Waals surface area contributed by atoms with E-state index < -0.39 is 0 Å². The van der Waals surface area contributed by atoms with Crippen LogP contribution in [-0.4, -0.2) is 35.4 Å². The van der Waals surface area contributed by atoms with E-state index in [0.29, 0.717) is 17.9 Å². The summed E-state index contributed by atoms with van der Waals surface area (Å²) in [5.41, 5.74) is 5.21. The number of piperidine rings is 1. The molecule has 0 atom stereocenters. The number of fused-ring (bicyclic) bond motifs is 1. The predicted octanol–water partition coefficient (Wildman–Crippen LogP) is 3.92. The molecule has 1 aliphatic heterocycles. The van der Waals surface area contributed by atoms with Gasteiger partial charge in [0, 0.05) is 29.7 Å². The van der Waals surface area contributed by atoms with E-state index in [1.807, 2.05) is 43.3 Å². The maximum atomic E-state index is 12.5. The topological polar surface area (TPSA) is 71.9 Å². The highest BCUT2D eigenvalue weighted by molar-refractivity contribution is 5.90. The maximum absolute atomic E-state index is 12.5. The molecule has 1 fully saturated rings. The number of amides is 1. The van der Waals surface area contributed by atoms with Gasteiger partial charge < -0.3 is 10.3 Å². The average molecular weight is 401 g/mol. The fourth-order valence-electron chi connectivity index (χ4n) is 4.34. The molecule has 1 amide bonds. The molecule has 2 heterocycles.